The smallest absolute Gasteiger partial charge is 0.258 e. The standard InChI is InChI=1S/C15H17ClN4OS/c1-2-20-6-5-12-13(8-20)22-15(18-12)19-14(21)10-4-3-9(17)7-11(10)16/h3-4,7H,2,5-6,8,17H2,1H3,(H,18,19,21). The van der Waals surface area contributed by atoms with Gasteiger partial charge in [0.25, 0.3) is 5.91 Å². The van der Waals surface area contributed by atoms with Gasteiger partial charge in [-0.15, -0.1) is 11.3 Å². The van der Waals surface area contributed by atoms with Gasteiger partial charge in [-0.1, -0.05) is 18.5 Å². The highest BCUT2D eigenvalue weighted by Gasteiger charge is 2.21. The zero-order valence-electron chi connectivity index (χ0n) is 12.2. The van der Waals surface area contributed by atoms with Gasteiger partial charge in [-0.05, 0) is 24.7 Å². The summed E-state index contributed by atoms with van der Waals surface area (Å²) in [6.45, 7) is 5.10. The number of nitrogens with one attached hydrogen (secondary N) is 1. The maximum atomic E-state index is 12.3. The maximum Gasteiger partial charge on any atom is 0.258 e. The lowest BCUT2D eigenvalue weighted by Crippen LogP contribution is -2.29. The van der Waals surface area contributed by atoms with E-state index in [1.165, 1.54) is 16.2 Å². The Morgan fingerprint density at radius 1 is 1.55 bits per heavy atom. The van der Waals surface area contributed by atoms with Crippen LogP contribution >= 0.6 is 22.9 Å². The number of amides is 1. The molecule has 116 valence electrons. The number of benzene rings is 1. The van der Waals surface area contributed by atoms with E-state index < -0.39 is 0 Å². The zero-order valence-corrected chi connectivity index (χ0v) is 13.8. The largest absolute Gasteiger partial charge is 0.399 e. The predicted octanol–water partition coefficient (Wildman–Crippen LogP) is 3.01. The lowest BCUT2D eigenvalue weighted by molar-refractivity contribution is 0.102. The summed E-state index contributed by atoms with van der Waals surface area (Å²) < 4.78 is 0. The first-order chi connectivity index (χ1) is 10.6. The number of rotatable bonds is 3. The van der Waals surface area contributed by atoms with E-state index >= 15 is 0 Å². The van der Waals surface area contributed by atoms with Crippen molar-refractivity contribution in [1.82, 2.24) is 9.88 Å². The van der Waals surface area contributed by atoms with Crippen molar-refractivity contribution in [2.75, 3.05) is 24.1 Å². The van der Waals surface area contributed by atoms with Crippen molar-refractivity contribution in [2.45, 2.75) is 19.9 Å². The number of fused-ring (bicyclic) bond motifs is 1. The van der Waals surface area contributed by atoms with Crippen LogP contribution < -0.4 is 11.1 Å². The molecule has 1 aromatic heterocycles. The molecule has 0 saturated carbocycles. The SMILES string of the molecule is CCN1CCc2nc(NC(=O)c3ccc(N)cc3Cl)sc2C1. The lowest BCUT2D eigenvalue weighted by Gasteiger charge is -2.23. The molecular formula is C15H17ClN4OS. The molecule has 3 N–H and O–H groups in total. The summed E-state index contributed by atoms with van der Waals surface area (Å²) >= 11 is 7.60. The van der Waals surface area contributed by atoms with Crippen LogP contribution in [-0.2, 0) is 13.0 Å². The van der Waals surface area contributed by atoms with Gasteiger partial charge in [0.15, 0.2) is 5.13 Å². The molecule has 0 unspecified atom stereocenters. The number of aromatic nitrogens is 1. The van der Waals surface area contributed by atoms with Crippen LogP contribution in [0.4, 0.5) is 10.8 Å². The Hall–Kier alpha value is -1.63. The van der Waals surface area contributed by atoms with E-state index in [1.54, 1.807) is 18.2 Å². The first-order valence-corrected chi connectivity index (χ1v) is 8.33. The molecule has 0 aliphatic carbocycles. The minimum atomic E-state index is -0.261. The molecule has 5 nitrogen and oxygen atoms in total. The van der Waals surface area contributed by atoms with Crippen molar-refractivity contribution >= 4 is 39.7 Å². The first-order valence-electron chi connectivity index (χ1n) is 7.14. The Morgan fingerprint density at radius 3 is 3.09 bits per heavy atom. The van der Waals surface area contributed by atoms with E-state index in [0.29, 0.717) is 21.4 Å². The topological polar surface area (TPSA) is 71.2 Å². The van der Waals surface area contributed by atoms with Crippen LogP contribution in [0.2, 0.25) is 5.02 Å². The van der Waals surface area contributed by atoms with E-state index in [1.807, 2.05) is 0 Å². The second-order valence-electron chi connectivity index (χ2n) is 5.20. The number of likely N-dealkylation sites (N-methyl/N-ethyl adjacent to an activating group) is 1. The minimum Gasteiger partial charge on any atom is -0.399 e. The third-order valence-electron chi connectivity index (χ3n) is 3.72. The van der Waals surface area contributed by atoms with Crippen molar-refractivity contribution in [1.29, 1.82) is 0 Å². The van der Waals surface area contributed by atoms with E-state index in [2.05, 4.69) is 22.1 Å². The number of hydrogen-bond donors (Lipinski definition) is 2. The highest BCUT2D eigenvalue weighted by Crippen LogP contribution is 2.29. The lowest BCUT2D eigenvalue weighted by atomic mass is 10.2. The molecule has 0 saturated heterocycles. The number of carbonyl (C=O) groups is 1. The van der Waals surface area contributed by atoms with Crippen molar-refractivity contribution < 1.29 is 4.79 Å². The van der Waals surface area contributed by atoms with Gasteiger partial charge in [-0.25, -0.2) is 4.98 Å². The van der Waals surface area contributed by atoms with Gasteiger partial charge in [-0.2, -0.15) is 0 Å². The number of hydrogen-bond acceptors (Lipinski definition) is 5. The molecule has 22 heavy (non-hydrogen) atoms. The summed E-state index contributed by atoms with van der Waals surface area (Å²) in [6, 6.07) is 4.86. The van der Waals surface area contributed by atoms with Crippen molar-refractivity contribution in [3.05, 3.63) is 39.4 Å². The number of anilines is 2. The molecule has 0 atom stereocenters. The first kappa shape index (κ1) is 15.3. The number of thiazole rings is 1. The monoisotopic (exact) mass is 336 g/mol. The molecular weight excluding hydrogens is 320 g/mol. The zero-order chi connectivity index (χ0) is 15.7. The number of halogens is 1. The number of carbonyl (C=O) groups excluding carboxylic acids is 1. The summed E-state index contributed by atoms with van der Waals surface area (Å²) in [5, 5.41) is 3.80. The van der Waals surface area contributed by atoms with Gasteiger partial charge >= 0.3 is 0 Å². The molecule has 1 aliphatic heterocycles. The van der Waals surface area contributed by atoms with Crippen molar-refractivity contribution in [3.8, 4) is 0 Å². The summed E-state index contributed by atoms with van der Waals surface area (Å²) in [5.41, 5.74) is 7.67. The number of nitrogens with zero attached hydrogens (tertiary/aromatic N) is 2. The van der Waals surface area contributed by atoms with Crippen LogP contribution in [0.3, 0.4) is 0 Å². The average molecular weight is 337 g/mol. The molecule has 3 rings (SSSR count). The average Bonchev–Trinajstić information content (AvgIpc) is 2.87. The van der Waals surface area contributed by atoms with Crippen LogP contribution in [0.5, 0.6) is 0 Å². The summed E-state index contributed by atoms with van der Waals surface area (Å²) in [7, 11) is 0. The third-order valence-corrected chi connectivity index (χ3v) is 5.03. The molecule has 1 aromatic carbocycles. The van der Waals surface area contributed by atoms with E-state index in [9.17, 15) is 4.79 Å². The fourth-order valence-corrected chi connectivity index (χ4v) is 3.77. The Morgan fingerprint density at radius 2 is 2.36 bits per heavy atom. The third kappa shape index (κ3) is 3.09. The second-order valence-corrected chi connectivity index (χ2v) is 6.69. The minimum absolute atomic E-state index is 0.261. The second kappa shape index (κ2) is 6.24. The Bertz CT molecular complexity index is 716. The van der Waals surface area contributed by atoms with E-state index in [-0.39, 0.29) is 5.91 Å². The molecule has 2 aromatic rings. The van der Waals surface area contributed by atoms with Gasteiger partial charge in [0.1, 0.15) is 0 Å². The molecule has 0 bridgehead atoms. The quantitative estimate of drug-likeness (QED) is 0.845. The van der Waals surface area contributed by atoms with E-state index in [4.69, 9.17) is 17.3 Å². The molecule has 1 amide bonds. The van der Waals surface area contributed by atoms with E-state index in [0.717, 1.165) is 31.7 Å². The molecule has 7 heteroatoms. The fraction of sp³-hybridized carbons (Fsp3) is 0.333. The van der Waals surface area contributed by atoms with Crippen LogP contribution in [0, 0.1) is 0 Å². The Kier molecular flexibility index (Phi) is 4.33. The summed E-state index contributed by atoms with van der Waals surface area (Å²) in [5.74, 6) is -0.261. The molecule has 0 spiro atoms. The van der Waals surface area contributed by atoms with Gasteiger partial charge in [0.05, 0.1) is 16.3 Å². The van der Waals surface area contributed by atoms with Crippen LogP contribution in [-0.4, -0.2) is 28.9 Å². The molecule has 0 fully saturated rings. The summed E-state index contributed by atoms with van der Waals surface area (Å²) in [6.07, 6.45) is 0.929. The molecule has 0 radical (unpaired) electrons. The van der Waals surface area contributed by atoms with Crippen LogP contribution in [0.1, 0.15) is 27.9 Å². The normalized spacial score (nSPS) is 14.6. The maximum absolute atomic E-state index is 12.3. The van der Waals surface area contributed by atoms with Gasteiger partial charge in [0, 0.05) is 30.1 Å². The number of nitrogen functional groups attached to an aromatic ring is 1. The molecule has 1 aliphatic rings. The van der Waals surface area contributed by atoms with Crippen LogP contribution in [0.25, 0.3) is 0 Å². The van der Waals surface area contributed by atoms with Crippen molar-refractivity contribution in [3.63, 3.8) is 0 Å². The van der Waals surface area contributed by atoms with Crippen molar-refractivity contribution in [2.24, 2.45) is 0 Å². The number of nitrogens with two attached hydrogens (primary N) is 1. The molecule has 2 heterocycles. The Balaban J connectivity index is 1.76. The Labute approximate surface area is 138 Å². The predicted molar refractivity (Wildman–Crippen MR) is 90.6 cm³/mol. The van der Waals surface area contributed by atoms with Crippen LogP contribution in [0.15, 0.2) is 18.2 Å². The highest BCUT2D eigenvalue weighted by molar-refractivity contribution is 7.15. The highest BCUT2D eigenvalue weighted by atomic mass is 35.5. The van der Waals surface area contributed by atoms with Gasteiger partial charge in [-0.3, -0.25) is 15.0 Å². The van der Waals surface area contributed by atoms with Gasteiger partial charge in [0.2, 0.25) is 0 Å². The fourth-order valence-electron chi connectivity index (χ4n) is 2.45. The van der Waals surface area contributed by atoms with Gasteiger partial charge < -0.3 is 5.73 Å². The summed E-state index contributed by atoms with van der Waals surface area (Å²) in [4.78, 5) is 20.4.